The molecule has 1 N–H and O–H groups in total. The minimum atomic E-state index is 0.680. The van der Waals surface area contributed by atoms with Gasteiger partial charge in [0.1, 0.15) is 0 Å². The molecular formula is C9H16N2S. The van der Waals surface area contributed by atoms with E-state index >= 15 is 0 Å². The number of hydrogen-bond acceptors (Lipinski definition) is 3. The molecule has 1 aromatic rings. The fourth-order valence-corrected chi connectivity index (χ4v) is 1.60. The Kier molecular flexibility index (Phi) is 3.53. The lowest BCUT2D eigenvalue weighted by Gasteiger charge is -2.04. The Balaban J connectivity index is 2.41. The van der Waals surface area contributed by atoms with Crippen molar-refractivity contribution >= 4 is 16.5 Å². The van der Waals surface area contributed by atoms with Gasteiger partial charge in [-0.3, -0.25) is 0 Å². The number of hydrogen-bond donors (Lipinski definition) is 1. The van der Waals surface area contributed by atoms with Crippen molar-refractivity contribution in [3.8, 4) is 0 Å². The molecule has 0 aliphatic rings. The van der Waals surface area contributed by atoms with Crippen LogP contribution in [0.2, 0.25) is 0 Å². The van der Waals surface area contributed by atoms with Crippen LogP contribution in [0.15, 0.2) is 6.20 Å². The molecule has 0 aromatic carbocycles. The number of anilines is 1. The Morgan fingerprint density at radius 2 is 2.33 bits per heavy atom. The van der Waals surface area contributed by atoms with E-state index in [4.69, 9.17) is 0 Å². The van der Waals surface area contributed by atoms with Crippen LogP contribution in [0, 0.1) is 5.92 Å². The molecule has 0 saturated carbocycles. The molecule has 0 saturated heterocycles. The first-order valence-corrected chi connectivity index (χ1v) is 5.22. The summed E-state index contributed by atoms with van der Waals surface area (Å²) >= 11 is 1.75. The molecule has 1 rings (SSSR count). The summed E-state index contributed by atoms with van der Waals surface area (Å²) in [4.78, 5) is 5.61. The van der Waals surface area contributed by atoms with E-state index < -0.39 is 0 Å². The number of rotatable bonds is 4. The third-order valence-electron chi connectivity index (χ3n) is 1.56. The minimum Gasteiger partial charge on any atom is -0.361 e. The largest absolute Gasteiger partial charge is 0.361 e. The van der Waals surface area contributed by atoms with E-state index in [1.165, 1.54) is 4.88 Å². The average Bonchev–Trinajstić information content (AvgIpc) is 2.48. The molecule has 3 heteroatoms. The summed E-state index contributed by atoms with van der Waals surface area (Å²) in [5, 5.41) is 4.36. The molecule has 0 unspecified atom stereocenters. The standard InChI is InChI=1S/C9H16N2S/c1-4-8-6-11-9(12-8)10-5-7(2)3/h6-7H,4-5H2,1-3H3,(H,10,11). The molecule has 0 aliphatic carbocycles. The second kappa shape index (κ2) is 4.45. The first-order valence-electron chi connectivity index (χ1n) is 4.41. The van der Waals surface area contributed by atoms with E-state index in [9.17, 15) is 0 Å². The van der Waals surface area contributed by atoms with Crippen LogP contribution in [0.4, 0.5) is 5.13 Å². The fraction of sp³-hybridized carbons (Fsp3) is 0.667. The molecule has 1 aromatic heterocycles. The van der Waals surface area contributed by atoms with Crippen molar-refractivity contribution in [2.24, 2.45) is 5.92 Å². The normalized spacial score (nSPS) is 10.7. The zero-order valence-electron chi connectivity index (χ0n) is 7.92. The quantitative estimate of drug-likeness (QED) is 0.778. The molecule has 0 radical (unpaired) electrons. The van der Waals surface area contributed by atoms with Crippen molar-refractivity contribution in [3.05, 3.63) is 11.1 Å². The Morgan fingerprint density at radius 1 is 1.58 bits per heavy atom. The van der Waals surface area contributed by atoms with E-state index in [0.717, 1.165) is 18.1 Å². The minimum absolute atomic E-state index is 0.680. The molecule has 12 heavy (non-hydrogen) atoms. The molecule has 2 nitrogen and oxygen atoms in total. The van der Waals surface area contributed by atoms with Gasteiger partial charge in [-0.2, -0.15) is 0 Å². The van der Waals surface area contributed by atoms with Gasteiger partial charge in [0.25, 0.3) is 0 Å². The fourth-order valence-electron chi connectivity index (χ4n) is 0.844. The first-order chi connectivity index (χ1) is 5.72. The molecule has 68 valence electrons. The summed E-state index contributed by atoms with van der Waals surface area (Å²) in [6, 6.07) is 0. The van der Waals surface area contributed by atoms with Gasteiger partial charge in [-0.25, -0.2) is 4.98 Å². The van der Waals surface area contributed by atoms with E-state index in [1.807, 2.05) is 6.20 Å². The van der Waals surface area contributed by atoms with Crippen LogP contribution in [-0.4, -0.2) is 11.5 Å². The molecule has 1 heterocycles. The van der Waals surface area contributed by atoms with Gasteiger partial charge in [0.15, 0.2) is 5.13 Å². The van der Waals surface area contributed by atoms with E-state index in [0.29, 0.717) is 5.92 Å². The summed E-state index contributed by atoms with van der Waals surface area (Å²) in [5.74, 6) is 0.680. The Morgan fingerprint density at radius 3 is 2.83 bits per heavy atom. The van der Waals surface area contributed by atoms with Gasteiger partial charge in [-0.05, 0) is 12.3 Å². The zero-order valence-corrected chi connectivity index (χ0v) is 8.74. The molecular weight excluding hydrogens is 168 g/mol. The Hall–Kier alpha value is -0.570. The van der Waals surface area contributed by atoms with Crippen LogP contribution >= 0.6 is 11.3 Å². The van der Waals surface area contributed by atoms with Crippen molar-refractivity contribution < 1.29 is 0 Å². The van der Waals surface area contributed by atoms with Gasteiger partial charge >= 0.3 is 0 Å². The van der Waals surface area contributed by atoms with Gasteiger partial charge in [-0.15, -0.1) is 11.3 Å². The highest BCUT2D eigenvalue weighted by molar-refractivity contribution is 7.15. The van der Waals surface area contributed by atoms with E-state index in [1.54, 1.807) is 11.3 Å². The van der Waals surface area contributed by atoms with Gasteiger partial charge in [0.05, 0.1) is 0 Å². The average molecular weight is 184 g/mol. The smallest absolute Gasteiger partial charge is 0.182 e. The van der Waals surface area contributed by atoms with Crippen molar-refractivity contribution in [1.82, 2.24) is 4.98 Å². The van der Waals surface area contributed by atoms with Crippen molar-refractivity contribution in [1.29, 1.82) is 0 Å². The summed E-state index contributed by atoms with van der Waals surface area (Å²) in [7, 11) is 0. The van der Waals surface area contributed by atoms with E-state index in [-0.39, 0.29) is 0 Å². The van der Waals surface area contributed by atoms with Crippen LogP contribution in [0.1, 0.15) is 25.6 Å². The zero-order chi connectivity index (χ0) is 8.97. The van der Waals surface area contributed by atoms with Crippen molar-refractivity contribution in [3.63, 3.8) is 0 Å². The molecule has 0 amide bonds. The summed E-state index contributed by atoms with van der Waals surface area (Å²) in [6.07, 6.45) is 3.04. The third-order valence-corrected chi connectivity index (χ3v) is 2.66. The second-order valence-corrected chi connectivity index (χ2v) is 4.38. The molecule has 0 aliphatic heterocycles. The predicted octanol–water partition coefficient (Wildman–Crippen LogP) is 2.77. The van der Waals surface area contributed by atoms with Gasteiger partial charge < -0.3 is 5.32 Å². The maximum absolute atomic E-state index is 4.27. The van der Waals surface area contributed by atoms with Crippen LogP contribution < -0.4 is 5.32 Å². The SMILES string of the molecule is CCc1cnc(NCC(C)C)s1. The highest BCUT2D eigenvalue weighted by Crippen LogP contribution is 2.18. The Labute approximate surface area is 78.0 Å². The number of aromatic nitrogens is 1. The number of nitrogens with one attached hydrogen (secondary N) is 1. The van der Waals surface area contributed by atoms with E-state index in [2.05, 4.69) is 31.1 Å². The van der Waals surface area contributed by atoms with Crippen molar-refractivity contribution in [2.75, 3.05) is 11.9 Å². The molecule has 0 bridgehead atoms. The number of nitrogens with zero attached hydrogens (tertiary/aromatic N) is 1. The third kappa shape index (κ3) is 2.81. The topological polar surface area (TPSA) is 24.9 Å². The maximum atomic E-state index is 4.27. The lowest BCUT2D eigenvalue weighted by molar-refractivity contribution is 0.688. The van der Waals surface area contributed by atoms with Crippen LogP contribution in [0.5, 0.6) is 0 Å². The molecule has 0 fully saturated rings. The van der Waals surface area contributed by atoms with Crippen LogP contribution in [0.25, 0.3) is 0 Å². The van der Waals surface area contributed by atoms with Crippen molar-refractivity contribution in [2.45, 2.75) is 27.2 Å². The first kappa shape index (κ1) is 9.52. The predicted molar refractivity (Wildman–Crippen MR) is 54.8 cm³/mol. The lowest BCUT2D eigenvalue weighted by Crippen LogP contribution is -2.07. The van der Waals surface area contributed by atoms with Crippen LogP contribution in [0.3, 0.4) is 0 Å². The maximum Gasteiger partial charge on any atom is 0.182 e. The number of thiazole rings is 1. The lowest BCUT2D eigenvalue weighted by atomic mass is 10.2. The molecule has 0 spiro atoms. The van der Waals surface area contributed by atoms with Crippen LogP contribution in [-0.2, 0) is 6.42 Å². The molecule has 0 atom stereocenters. The summed E-state index contributed by atoms with van der Waals surface area (Å²) < 4.78 is 0. The van der Waals surface area contributed by atoms with Gasteiger partial charge in [0, 0.05) is 17.6 Å². The monoisotopic (exact) mass is 184 g/mol. The highest BCUT2D eigenvalue weighted by atomic mass is 32.1. The number of aryl methyl sites for hydroxylation is 1. The summed E-state index contributed by atoms with van der Waals surface area (Å²) in [5.41, 5.74) is 0. The summed E-state index contributed by atoms with van der Waals surface area (Å²) in [6.45, 7) is 7.55. The second-order valence-electron chi connectivity index (χ2n) is 3.26. The Bertz CT molecular complexity index is 230. The highest BCUT2D eigenvalue weighted by Gasteiger charge is 1.99. The van der Waals surface area contributed by atoms with Gasteiger partial charge in [-0.1, -0.05) is 20.8 Å². The van der Waals surface area contributed by atoms with Gasteiger partial charge in [0.2, 0.25) is 0 Å².